The molecule has 0 saturated heterocycles. The summed E-state index contributed by atoms with van der Waals surface area (Å²) in [5, 5.41) is 0. The molecule has 1 aliphatic heterocycles. The average molecular weight is 517 g/mol. The van der Waals surface area contributed by atoms with Gasteiger partial charge >= 0.3 is 11.9 Å². The molecule has 4 rings (SSSR count). The largest absolute Gasteiger partial charge is 0.493 e. The summed E-state index contributed by atoms with van der Waals surface area (Å²) in [6.45, 7) is 3.59. The first kappa shape index (κ1) is 26.4. The van der Waals surface area contributed by atoms with Crippen LogP contribution in [0, 0.1) is 5.41 Å². The molecule has 0 fully saturated rings. The minimum Gasteiger partial charge on any atom is -0.493 e. The van der Waals surface area contributed by atoms with Gasteiger partial charge in [0.1, 0.15) is 0 Å². The molecule has 2 unspecified atom stereocenters. The van der Waals surface area contributed by atoms with Crippen molar-refractivity contribution in [1.82, 2.24) is 0 Å². The van der Waals surface area contributed by atoms with Crippen molar-refractivity contribution in [2.45, 2.75) is 32.3 Å². The van der Waals surface area contributed by atoms with E-state index in [9.17, 15) is 9.59 Å². The lowest BCUT2D eigenvalue weighted by Gasteiger charge is -2.44. The molecule has 10 nitrogen and oxygen atoms in total. The van der Waals surface area contributed by atoms with Crippen LogP contribution in [0.4, 0.5) is 0 Å². The maximum absolute atomic E-state index is 13.8. The number of rotatable bonds is 9. The Morgan fingerprint density at radius 3 is 1.84 bits per heavy atom. The summed E-state index contributed by atoms with van der Waals surface area (Å²) < 4.78 is 44.8. The number of hydrogen-bond donors (Lipinski definition) is 0. The van der Waals surface area contributed by atoms with Gasteiger partial charge in [-0.1, -0.05) is 0 Å². The highest BCUT2D eigenvalue weighted by atomic mass is 16.7. The second-order valence-corrected chi connectivity index (χ2v) is 8.57. The molecule has 1 aliphatic carbocycles. The van der Waals surface area contributed by atoms with Crippen molar-refractivity contribution < 1.29 is 47.5 Å². The third-order valence-electron chi connectivity index (χ3n) is 6.82. The van der Waals surface area contributed by atoms with Crippen molar-refractivity contribution in [3.63, 3.8) is 0 Å². The molecular weight excluding hydrogens is 484 g/mol. The maximum Gasteiger partial charge on any atom is 0.324 e. The monoisotopic (exact) mass is 516 g/mol. The lowest BCUT2D eigenvalue weighted by atomic mass is 9.60. The lowest BCUT2D eigenvalue weighted by molar-refractivity contribution is -0.177. The quantitative estimate of drug-likeness (QED) is 0.361. The SMILES string of the molecule is CCOC(=O)C1(C(=O)OCC)CC(OC)c2cc3c(cc2C1c1cc(OC)c(OC)c(OC)c1)OCO3. The molecule has 0 radical (unpaired) electrons. The zero-order valence-electron chi connectivity index (χ0n) is 21.9. The fourth-order valence-electron chi connectivity index (χ4n) is 5.24. The Kier molecular flexibility index (Phi) is 7.68. The van der Waals surface area contributed by atoms with E-state index < -0.39 is 29.4 Å². The highest BCUT2D eigenvalue weighted by Crippen LogP contribution is 2.58. The summed E-state index contributed by atoms with van der Waals surface area (Å²) in [5.41, 5.74) is 0.176. The number of fused-ring (bicyclic) bond motifs is 2. The van der Waals surface area contributed by atoms with Crippen LogP contribution in [0.15, 0.2) is 24.3 Å². The smallest absolute Gasteiger partial charge is 0.324 e. The van der Waals surface area contributed by atoms with E-state index in [4.69, 9.17) is 37.9 Å². The fourth-order valence-corrected chi connectivity index (χ4v) is 5.24. The third kappa shape index (κ3) is 4.29. The van der Waals surface area contributed by atoms with Gasteiger partial charge in [0.05, 0.1) is 40.6 Å². The molecule has 0 spiro atoms. The van der Waals surface area contributed by atoms with Crippen LogP contribution in [-0.2, 0) is 23.8 Å². The predicted octanol–water partition coefficient (Wildman–Crippen LogP) is 3.78. The highest BCUT2D eigenvalue weighted by molar-refractivity contribution is 6.02. The predicted molar refractivity (Wildman–Crippen MR) is 131 cm³/mol. The molecule has 37 heavy (non-hydrogen) atoms. The average Bonchev–Trinajstić information content (AvgIpc) is 3.37. The van der Waals surface area contributed by atoms with E-state index in [1.165, 1.54) is 28.4 Å². The molecule has 2 aromatic rings. The minimum atomic E-state index is -1.78. The third-order valence-corrected chi connectivity index (χ3v) is 6.82. The molecule has 0 amide bonds. The fraction of sp³-hybridized carbons (Fsp3) is 0.481. The van der Waals surface area contributed by atoms with Crippen LogP contribution in [0.25, 0.3) is 0 Å². The Balaban J connectivity index is 2.09. The molecule has 0 bridgehead atoms. The summed E-state index contributed by atoms with van der Waals surface area (Å²) in [6, 6.07) is 7.06. The summed E-state index contributed by atoms with van der Waals surface area (Å²) >= 11 is 0. The Hall–Kier alpha value is -3.66. The van der Waals surface area contributed by atoms with Crippen LogP contribution < -0.4 is 23.7 Å². The zero-order chi connectivity index (χ0) is 26.7. The number of carbonyl (C=O) groups is 2. The lowest BCUT2D eigenvalue weighted by Crippen LogP contribution is -2.50. The van der Waals surface area contributed by atoms with Gasteiger partial charge in [0.15, 0.2) is 28.4 Å². The van der Waals surface area contributed by atoms with E-state index in [0.29, 0.717) is 39.9 Å². The molecule has 2 aliphatic rings. The zero-order valence-corrected chi connectivity index (χ0v) is 21.9. The normalized spacial score (nSPS) is 19.0. The Labute approximate surface area is 215 Å². The van der Waals surface area contributed by atoms with E-state index in [1.807, 2.05) is 6.07 Å². The molecule has 1 heterocycles. The Morgan fingerprint density at radius 2 is 1.38 bits per heavy atom. The van der Waals surface area contributed by atoms with E-state index >= 15 is 0 Å². The number of ether oxygens (including phenoxy) is 8. The van der Waals surface area contributed by atoms with Crippen LogP contribution in [0.2, 0.25) is 0 Å². The number of hydrogen-bond acceptors (Lipinski definition) is 10. The number of methoxy groups -OCH3 is 4. The summed E-state index contributed by atoms with van der Waals surface area (Å²) in [4.78, 5) is 27.7. The van der Waals surface area contributed by atoms with E-state index in [2.05, 4.69) is 0 Å². The first-order chi connectivity index (χ1) is 17.9. The van der Waals surface area contributed by atoms with Gasteiger partial charge in [0.2, 0.25) is 12.5 Å². The molecule has 2 aromatic carbocycles. The second kappa shape index (κ2) is 10.8. The molecule has 200 valence electrons. The van der Waals surface area contributed by atoms with Crippen LogP contribution >= 0.6 is 0 Å². The van der Waals surface area contributed by atoms with E-state index in [1.54, 1.807) is 32.0 Å². The van der Waals surface area contributed by atoms with Crippen molar-refractivity contribution in [1.29, 1.82) is 0 Å². The van der Waals surface area contributed by atoms with Gasteiger partial charge in [-0.25, -0.2) is 0 Å². The Morgan fingerprint density at radius 1 is 0.838 bits per heavy atom. The molecule has 0 aromatic heterocycles. The van der Waals surface area contributed by atoms with Gasteiger partial charge in [-0.15, -0.1) is 0 Å². The second-order valence-electron chi connectivity index (χ2n) is 8.57. The van der Waals surface area contributed by atoms with Crippen molar-refractivity contribution in [2.24, 2.45) is 5.41 Å². The van der Waals surface area contributed by atoms with Gasteiger partial charge in [-0.2, -0.15) is 0 Å². The van der Waals surface area contributed by atoms with Gasteiger partial charge in [-0.3, -0.25) is 9.59 Å². The van der Waals surface area contributed by atoms with Crippen molar-refractivity contribution in [2.75, 3.05) is 48.4 Å². The minimum absolute atomic E-state index is 0.0187. The van der Waals surface area contributed by atoms with E-state index in [-0.39, 0.29) is 26.4 Å². The van der Waals surface area contributed by atoms with Crippen LogP contribution in [0.1, 0.15) is 49.0 Å². The van der Waals surface area contributed by atoms with Gasteiger partial charge in [0.25, 0.3) is 0 Å². The van der Waals surface area contributed by atoms with Crippen LogP contribution in [-0.4, -0.2) is 60.4 Å². The molecule has 0 N–H and O–H groups in total. The molecule has 2 atom stereocenters. The Bertz CT molecular complexity index is 1130. The summed E-state index contributed by atoms with van der Waals surface area (Å²) in [6.07, 6.45) is -0.647. The molecule has 0 saturated carbocycles. The van der Waals surface area contributed by atoms with E-state index in [0.717, 1.165) is 5.56 Å². The highest BCUT2D eigenvalue weighted by Gasteiger charge is 2.60. The summed E-state index contributed by atoms with van der Waals surface area (Å²) in [7, 11) is 6.03. The molecular formula is C27H32O10. The number of carbonyl (C=O) groups excluding carboxylic acids is 2. The van der Waals surface area contributed by atoms with Crippen molar-refractivity contribution in [3.8, 4) is 28.7 Å². The van der Waals surface area contributed by atoms with Gasteiger partial charge in [0, 0.05) is 19.4 Å². The summed E-state index contributed by atoms with van der Waals surface area (Å²) in [5.74, 6) is -0.114. The standard InChI is InChI=1S/C27H32O10/c1-7-34-25(28)27(26(29)35-8-2)13-22(32-5)16-11-18-19(37-14-36-18)12-17(16)23(27)15-9-20(30-3)24(33-6)21(10-15)31-4/h9-12,22-23H,7-8,13-14H2,1-6H3. The first-order valence-electron chi connectivity index (χ1n) is 12.0. The van der Waals surface area contributed by atoms with Crippen molar-refractivity contribution >= 4 is 11.9 Å². The van der Waals surface area contributed by atoms with Gasteiger partial charge in [-0.05, 0) is 54.8 Å². The van der Waals surface area contributed by atoms with Crippen LogP contribution in [0.3, 0.4) is 0 Å². The number of esters is 2. The van der Waals surface area contributed by atoms with Gasteiger partial charge < -0.3 is 37.9 Å². The molecule has 10 heteroatoms. The topological polar surface area (TPSA) is 108 Å². The van der Waals surface area contributed by atoms with Crippen LogP contribution in [0.5, 0.6) is 28.7 Å². The number of benzene rings is 2. The first-order valence-corrected chi connectivity index (χ1v) is 12.0. The van der Waals surface area contributed by atoms with Crippen molar-refractivity contribution in [3.05, 3.63) is 41.0 Å². The maximum atomic E-state index is 13.8.